The molecule has 1 saturated heterocycles. The minimum absolute atomic E-state index is 0.0662. The van der Waals surface area contributed by atoms with E-state index in [0.717, 1.165) is 15.6 Å². The Morgan fingerprint density at radius 3 is 2.61 bits per heavy atom. The molecule has 6 nitrogen and oxygen atoms in total. The maximum atomic E-state index is 13.3. The van der Waals surface area contributed by atoms with Gasteiger partial charge in [0.1, 0.15) is 11.8 Å². The smallest absolute Gasteiger partial charge is 0.300 e. The summed E-state index contributed by atoms with van der Waals surface area (Å²) in [6.45, 7) is 0.104. The van der Waals surface area contributed by atoms with E-state index < -0.39 is 17.7 Å². The SMILES string of the molecule is O=C1C(=O)N(c2ccc3c(c2)OCO3)C(c2cccs2)/C1=C(/O)c1cccc2ccccc12. The van der Waals surface area contributed by atoms with Gasteiger partial charge in [-0.25, -0.2) is 0 Å². The molecule has 3 heterocycles. The van der Waals surface area contributed by atoms with Crippen LogP contribution in [0.4, 0.5) is 5.69 Å². The van der Waals surface area contributed by atoms with Crippen LogP contribution in [0.2, 0.25) is 0 Å². The van der Waals surface area contributed by atoms with Crippen molar-refractivity contribution in [2.24, 2.45) is 0 Å². The van der Waals surface area contributed by atoms with E-state index in [1.165, 1.54) is 16.2 Å². The number of ketones is 1. The number of amides is 1. The quantitative estimate of drug-likeness (QED) is 0.259. The Labute approximate surface area is 192 Å². The van der Waals surface area contributed by atoms with E-state index in [0.29, 0.717) is 22.7 Å². The summed E-state index contributed by atoms with van der Waals surface area (Å²) < 4.78 is 10.9. The predicted molar refractivity (Wildman–Crippen MR) is 126 cm³/mol. The molecule has 0 aliphatic carbocycles. The lowest BCUT2D eigenvalue weighted by Crippen LogP contribution is -2.29. The lowest BCUT2D eigenvalue weighted by Gasteiger charge is -2.24. The van der Waals surface area contributed by atoms with Gasteiger partial charge in [0.2, 0.25) is 6.79 Å². The van der Waals surface area contributed by atoms with E-state index in [-0.39, 0.29) is 18.1 Å². The Hall–Kier alpha value is -4.10. The fourth-order valence-corrected chi connectivity index (χ4v) is 5.25. The largest absolute Gasteiger partial charge is 0.507 e. The van der Waals surface area contributed by atoms with Gasteiger partial charge in [0.05, 0.1) is 5.57 Å². The van der Waals surface area contributed by atoms with Gasteiger partial charge < -0.3 is 14.6 Å². The molecule has 3 aromatic carbocycles. The van der Waals surface area contributed by atoms with Crippen LogP contribution < -0.4 is 14.4 Å². The second-order valence-electron chi connectivity index (χ2n) is 7.75. The second kappa shape index (κ2) is 7.50. The molecule has 1 N–H and O–H groups in total. The van der Waals surface area contributed by atoms with Crippen LogP contribution in [0.3, 0.4) is 0 Å². The van der Waals surface area contributed by atoms with Crippen molar-refractivity contribution in [1.29, 1.82) is 0 Å². The van der Waals surface area contributed by atoms with Crippen molar-refractivity contribution < 1.29 is 24.2 Å². The van der Waals surface area contributed by atoms with Crippen LogP contribution >= 0.6 is 11.3 Å². The fraction of sp³-hybridized carbons (Fsp3) is 0.0769. The monoisotopic (exact) mass is 455 g/mol. The first kappa shape index (κ1) is 19.6. The number of aliphatic hydroxyl groups is 1. The zero-order chi connectivity index (χ0) is 22.5. The number of Topliss-reactive ketones (excluding diaryl/α,β-unsaturated/α-hetero) is 1. The van der Waals surface area contributed by atoms with E-state index in [4.69, 9.17) is 9.47 Å². The van der Waals surface area contributed by atoms with Crippen LogP contribution in [0.1, 0.15) is 16.5 Å². The number of thiophene rings is 1. The fourth-order valence-electron chi connectivity index (χ4n) is 4.43. The summed E-state index contributed by atoms with van der Waals surface area (Å²) in [7, 11) is 0. The first-order chi connectivity index (χ1) is 16.1. The Balaban J connectivity index is 1.57. The highest BCUT2D eigenvalue weighted by Crippen LogP contribution is 2.46. The number of hydrogen-bond donors (Lipinski definition) is 1. The number of nitrogens with zero attached hydrogens (tertiary/aromatic N) is 1. The maximum absolute atomic E-state index is 13.3. The normalized spacial score (nSPS) is 18.9. The average molecular weight is 455 g/mol. The van der Waals surface area contributed by atoms with Crippen molar-refractivity contribution in [3.63, 3.8) is 0 Å². The van der Waals surface area contributed by atoms with Crippen molar-refractivity contribution >= 4 is 45.2 Å². The molecule has 2 aliphatic rings. The standard InChI is InChI=1S/C26H17NO5S/c28-24(18-8-3-6-15-5-1-2-7-17(15)18)22-23(21-9-4-12-33-21)27(26(30)25(22)29)16-10-11-19-20(13-16)32-14-31-19/h1-13,23,28H,14H2/b24-22-. The molecule has 0 saturated carbocycles. The third-order valence-corrected chi connectivity index (χ3v) is 6.86. The molecule has 1 aromatic heterocycles. The topological polar surface area (TPSA) is 76.1 Å². The minimum atomic E-state index is -0.760. The summed E-state index contributed by atoms with van der Waals surface area (Å²) in [5.74, 6) is -0.524. The number of carbonyl (C=O) groups excluding carboxylic acids is 2. The van der Waals surface area contributed by atoms with Gasteiger partial charge in [-0.2, -0.15) is 0 Å². The van der Waals surface area contributed by atoms with E-state index in [2.05, 4.69) is 0 Å². The number of carbonyl (C=O) groups is 2. The number of ether oxygens (including phenoxy) is 2. The second-order valence-corrected chi connectivity index (χ2v) is 8.73. The lowest BCUT2D eigenvalue weighted by molar-refractivity contribution is -0.132. The highest BCUT2D eigenvalue weighted by molar-refractivity contribution is 7.10. The average Bonchev–Trinajstić information content (AvgIpc) is 3.58. The first-order valence-electron chi connectivity index (χ1n) is 10.4. The number of fused-ring (bicyclic) bond motifs is 2. The molecule has 1 unspecified atom stereocenters. The van der Waals surface area contributed by atoms with Crippen LogP contribution in [0, 0.1) is 0 Å². The molecule has 1 atom stereocenters. The Kier molecular flexibility index (Phi) is 4.45. The molecule has 33 heavy (non-hydrogen) atoms. The molecule has 1 fully saturated rings. The summed E-state index contributed by atoms with van der Waals surface area (Å²) in [5.41, 5.74) is 1.08. The first-order valence-corrected chi connectivity index (χ1v) is 11.2. The molecule has 6 rings (SSSR count). The Morgan fingerprint density at radius 1 is 0.939 bits per heavy atom. The van der Waals surface area contributed by atoms with Crippen LogP contribution in [-0.4, -0.2) is 23.6 Å². The molecular formula is C26H17NO5S. The zero-order valence-electron chi connectivity index (χ0n) is 17.2. The van der Waals surface area contributed by atoms with Crippen LogP contribution in [-0.2, 0) is 9.59 Å². The van der Waals surface area contributed by atoms with E-state index in [1.807, 2.05) is 53.9 Å². The van der Waals surface area contributed by atoms with Gasteiger partial charge in [0, 0.05) is 22.2 Å². The molecule has 0 bridgehead atoms. The van der Waals surface area contributed by atoms with Crippen LogP contribution in [0.5, 0.6) is 11.5 Å². The predicted octanol–water partition coefficient (Wildman–Crippen LogP) is 5.26. The van der Waals surface area contributed by atoms with Gasteiger partial charge in [0.15, 0.2) is 11.5 Å². The molecule has 4 aromatic rings. The third kappa shape index (κ3) is 3.01. The minimum Gasteiger partial charge on any atom is -0.507 e. The van der Waals surface area contributed by atoms with Gasteiger partial charge >= 0.3 is 0 Å². The van der Waals surface area contributed by atoms with Crippen LogP contribution in [0.15, 0.2) is 83.7 Å². The van der Waals surface area contributed by atoms with Crippen molar-refractivity contribution in [2.45, 2.75) is 6.04 Å². The van der Waals surface area contributed by atoms with Gasteiger partial charge in [-0.05, 0) is 34.4 Å². The molecule has 7 heteroatoms. The molecule has 0 radical (unpaired) electrons. The third-order valence-electron chi connectivity index (χ3n) is 5.94. The van der Waals surface area contributed by atoms with Crippen molar-refractivity contribution in [3.8, 4) is 11.5 Å². The highest BCUT2D eigenvalue weighted by atomic mass is 32.1. The maximum Gasteiger partial charge on any atom is 0.300 e. The summed E-state index contributed by atoms with van der Waals surface area (Å²) in [6.07, 6.45) is 0. The molecule has 0 spiro atoms. The molecule has 1 amide bonds. The number of rotatable bonds is 3. The molecule has 162 valence electrons. The van der Waals surface area contributed by atoms with E-state index in [1.54, 1.807) is 24.3 Å². The lowest BCUT2D eigenvalue weighted by atomic mass is 9.96. The summed E-state index contributed by atoms with van der Waals surface area (Å²) in [4.78, 5) is 28.8. The van der Waals surface area contributed by atoms with E-state index in [9.17, 15) is 14.7 Å². The van der Waals surface area contributed by atoms with Crippen LogP contribution in [0.25, 0.3) is 16.5 Å². The van der Waals surface area contributed by atoms with Crippen molar-refractivity contribution in [1.82, 2.24) is 0 Å². The highest BCUT2D eigenvalue weighted by Gasteiger charge is 2.47. The van der Waals surface area contributed by atoms with Crippen molar-refractivity contribution in [2.75, 3.05) is 11.7 Å². The summed E-state index contributed by atoms with van der Waals surface area (Å²) in [6, 6.07) is 21.2. The van der Waals surface area contributed by atoms with E-state index >= 15 is 0 Å². The number of anilines is 1. The Morgan fingerprint density at radius 2 is 1.76 bits per heavy atom. The van der Waals surface area contributed by atoms with Gasteiger partial charge in [-0.1, -0.05) is 48.5 Å². The van der Waals surface area contributed by atoms with Gasteiger partial charge in [-0.15, -0.1) is 11.3 Å². The summed E-state index contributed by atoms with van der Waals surface area (Å²) in [5, 5.41) is 15.0. The number of hydrogen-bond acceptors (Lipinski definition) is 6. The van der Waals surface area contributed by atoms with Gasteiger partial charge in [0.25, 0.3) is 11.7 Å². The summed E-state index contributed by atoms with van der Waals surface area (Å²) >= 11 is 1.42. The molecule has 2 aliphatic heterocycles. The van der Waals surface area contributed by atoms with Crippen molar-refractivity contribution in [3.05, 3.63) is 94.2 Å². The Bertz CT molecular complexity index is 1450. The zero-order valence-corrected chi connectivity index (χ0v) is 18.0. The number of benzene rings is 3. The molecular weight excluding hydrogens is 438 g/mol. The van der Waals surface area contributed by atoms with Gasteiger partial charge in [-0.3, -0.25) is 14.5 Å². The number of aliphatic hydroxyl groups excluding tert-OH is 1.